The van der Waals surface area contributed by atoms with E-state index in [-0.39, 0.29) is 53.9 Å². The van der Waals surface area contributed by atoms with Crippen molar-refractivity contribution in [3.8, 4) is 95.2 Å². The molecule has 2 bridgehead atoms. The van der Waals surface area contributed by atoms with Crippen LogP contribution >= 0.6 is 0 Å². The number of aliphatic hydroxyl groups is 2. The number of nitrogens with one attached hydrogen (secondary N) is 1. The van der Waals surface area contributed by atoms with Gasteiger partial charge in [0.1, 0.15) is 42.7 Å². The van der Waals surface area contributed by atoms with Gasteiger partial charge in [0.2, 0.25) is 6.10 Å². The first-order valence-corrected chi connectivity index (χ1v) is 27.7. The van der Waals surface area contributed by atoms with Gasteiger partial charge in [-0.25, -0.2) is 14.4 Å². The van der Waals surface area contributed by atoms with Crippen LogP contribution in [0.4, 0.5) is 4.79 Å². The van der Waals surface area contributed by atoms with Crippen molar-refractivity contribution in [1.29, 1.82) is 0 Å². The summed E-state index contributed by atoms with van der Waals surface area (Å²) in [6.07, 6.45) is -9.33. The van der Waals surface area contributed by atoms with E-state index in [0.717, 1.165) is 13.8 Å². The summed E-state index contributed by atoms with van der Waals surface area (Å²) in [6.45, 7) is 7.21. The highest BCUT2D eigenvalue weighted by Crippen LogP contribution is 2.64. The SMILES string of the molecule is C#CC#CC#CC#CC#CC#CC#CC#CCC1OC[C@H](COC(=O)O[C@@H](C(=O)O[C@H]2C[C@@]3(O)[C@@H](OC(=O)c4ccccc4)[C@@H]4[C@]5(OC(C)=O)CO[C@@H]5C[C@H](O)[C@@]4(C)C(=O)[C@H](OC(C)=O)C(=C2C)C3(C)C)[C@@H](NC(=O)c2ccccc2)c2ccccc2)O1. The predicted octanol–water partition coefficient (Wildman–Crippen LogP) is 4.69. The van der Waals surface area contributed by atoms with Crippen molar-refractivity contribution < 1.29 is 86.4 Å². The molecular formula is C69H59NO18. The second-order valence-electron chi connectivity index (χ2n) is 21.7. The molecule has 8 rings (SSSR count). The van der Waals surface area contributed by atoms with E-state index < -0.39 is 138 Å². The number of benzene rings is 3. The van der Waals surface area contributed by atoms with Crippen LogP contribution in [0, 0.1) is 112 Å². The Labute approximate surface area is 509 Å². The number of hydrogen-bond donors (Lipinski definition) is 3. The summed E-state index contributed by atoms with van der Waals surface area (Å²) in [7, 11) is 0. The van der Waals surface area contributed by atoms with Gasteiger partial charge in [-0.05, 0) is 138 Å². The average Bonchev–Trinajstić information content (AvgIpc) is 0.817. The quantitative estimate of drug-likeness (QED) is 0.0857. The minimum absolute atomic E-state index is 0.0162. The number of fused-ring (bicyclic) bond motifs is 5. The van der Waals surface area contributed by atoms with Gasteiger partial charge in [0, 0.05) is 37.7 Å². The molecule has 448 valence electrons. The Morgan fingerprint density at radius 3 is 1.90 bits per heavy atom. The molecule has 3 N–H and O–H groups in total. The zero-order valence-corrected chi connectivity index (χ0v) is 48.7. The van der Waals surface area contributed by atoms with Crippen LogP contribution < -0.4 is 5.32 Å². The highest BCUT2D eigenvalue weighted by Gasteiger charge is 2.78. The minimum Gasteiger partial charge on any atom is -0.455 e. The summed E-state index contributed by atoms with van der Waals surface area (Å²) in [4.78, 5) is 101. The molecule has 2 saturated heterocycles. The van der Waals surface area contributed by atoms with Gasteiger partial charge in [-0.15, -0.1) is 6.42 Å². The van der Waals surface area contributed by atoms with Gasteiger partial charge in [0.15, 0.2) is 23.8 Å². The maximum Gasteiger partial charge on any atom is 0.509 e. The number of terminal acetylenes is 1. The molecule has 3 aromatic rings. The maximum absolute atomic E-state index is 15.9. The van der Waals surface area contributed by atoms with Gasteiger partial charge < -0.3 is 58.2 Å². The molecule has 2 heterocycles. The highest BCUT2D eigenvalue weighted by molar-refractivity contribution is 5.96. The van der Waals surface area contributed by atoms with E-state index >= 15 is 9.59 Å². The van der Waals surface area contributed by atoms with Crippen molar-refractivity contribution >= 4 is 41.7 Å². The third-order valence-electron chi connectivity index (χ3n) is 16.1. The first kappa shape index (κ1) is 64.0. The van der Waals surface area contributed by atoms with Crippen LogP contribution in [-0.2, 0) is 61.8 Å². The van der Waals surface area contributed by atoms with E-state index in [4.69, 9.17) is 49.1 Å². The lowest BCUT2D eigenvalue weighted by Crippen LogP contribution is -2.82. The molecule has 2 aliphatic heterocycles. The second-order valence-corrected chi connectivity index (χ2v) is 21.7. The van der Waals surface area contributed by atoms with E-state index in [1.165, 1.54) is 52.0 Å². The van der Waals surface area contributed by atoms with Crippen LogP contribution in [0.5, 0.6) is 0 Å². The van der Waals surface area contributed by atoms with Gasteiger partial charge in [-0.2, -0.15) is 0 Å². The average molecular weight is 1190 g/mol. The normalized spacial score (nSPS) is 27.1. The second kappa shape index (κ2) is 28.0. The van der Waals surface area contributed by atoms with Crippen molar-refractivity contribution in [3.05, 3.63) is 119 Å². The monoisotopic (exact) mass is 1190 g/mol. The molecule has 19 heteroatoms. The molecule has 1 unspecified atom stereocenters. The summed E-state index contributed by atoms with van der Waals surface area (Å²) in [6, 6.07) is 22.2. The largest absolute Gasteiger partial charge is 0.509 e. The molecular weight excluding hydrogens is 1130 g/mol. The Morgan fingerprint density at radius 1 is 0.750 bits per heavy atom. The van der Waals surface area contributed by atoms with Crippen molar-refractivity contribution in [2.75, 3.05) is 19.8 Å². The fourth-order valence-electron chi connectivity index (χ4n) is 11.8. The fourth-order valence-corrected chi connectivity index (χ4v) is 11.8. The van der Waals surface area contributed by atoms with Crippen LogP contribution in [0.3, 0.4) is 0 Å². The van der Waals surface area contributed by atoms with Crippen LogP contribution in [-0.4, -0.2) is 132 Å². The number of Topliss-reactive ketones (excluding diaryl/α,β-unsaturated/α-hetero) is 1. The summed E-state index contributed by atoms with van der Waals surface area (Å²) >= 11 is 0. The predicted molar refractivity (Wildman–Crippen MR) is 310 cm³/mol. The molecule has 3 aromatic carbocycles. The van der Waals surface area contributed by atoms with Gasteiger partial charge >= 0.3 is 30.0 Å². The maximum atomic E-state index is 15.9. The molecule has 88 heavy (non-hydrogen) atoms. The summed E-state index contributed by atoms with van der Waals surface area (Å²) in [5, 5.41) is 29.2. The van der Waals surface area contributed by atoms with Crippen LogP contribution in [0.15, 0.2) is 102 Å². The molecule has 0 spiro atoms. The third kappa shape index (κ3) is 13.8. The number of hydrogen-bond acceptors (Lipinski definition) is 18. The summed E-state index contributed by atoms with van der Waals surface area (Å²) in [5.41, 5.74) is -7.90. The van der Waals surface area contributed by atoms with Gasteiger partial charge in [0.05, 0.1) is 42.6 Å². The number of carbonyl (C=O) groups excluding carboxylic acids is 7. The van der Waals surface area contributed by atoms with Crippen LogP contribution in [0.2, 0.25) is 0 Å². The zero-order chi connectivity index (χ0) is 63.2. The first-order valence-electron chi connectivity index (χ1n) is 27.7. The van der Waals surface area contributed by atoms with Crippen molar-refractivity contribution in [1.82, 2.24) is 5.32 Å². The van der Waals surface area contributed by atoms with Crippen molar-refractivity contribution in [2.24, 2.45) is 16.7 Å². The lowest BCUT2D eigenvalue weighted by Gasteiger charge is -2.67. The lowest BCUT2D eigenvalue weighted by atomic mass is 9.44. The Morgan fingerprint density at radius 2 is 1.33 bits per heavy atom. The third-order valence-corrected chi connectivity index (χ3v) is 16.1. The molecule has 0 radical (unpaired) electrons. The van der Waals surface area contributed by atoms with E-state index in [1.807, 2.05) is 0 Å². The topological polar surface area (TPSA) is 255 Å². The molecule has 3 aliphatic carbocycles. The fraction of sp³-hybridized carbons (Fsp3) is 0.377. The van der Waals surface area contributed by atoms with E-state index in [0.29, 0.717) is 0 Å². The highest BCUT2D eigenvalue weighted by atomic mass is 16.8. The minimum atomic E-state index is -2.53. The van der Waals surface area contributed by atoms with Crippen molar-refractivity contribution in [2.45, 2.75) is 127 Å². The summed E-state index contributed by atoms with van der Waals surface area (Å²) in [5.74, 6) is 29.9. The van der Waals surface area contributed by atoms with Gasteiger partial charge in [-0.1, -0.05) is 86.5 Å². The number of amides is 1. The van der Waals surface area contributed by atoms with Gasteiger partial charge in [0.25, 0.3) is 5.91 Å². The standard InChI is InChI=1S/C69H59NO18/c1-8-9-10-11-12-13-14-15-16-17-18-19-20-21-31-38-54-80-41-50(84-54)42-81-65(78)86-58(56(47-32-25-22-26-33-47)70-62(75)48-34-27-23-28-35-48)64(77)85-51-40-69(79)61(87-63(76)49-36-29-24-30-37-49)59-67(7,52(73)39-53-68(59,43-82-53)88-46(4)72)60(74)57(83-45(3)71)55(44(51)2)66(69,5)6/h1,22-30,32-37,50-54,56-59,61,73,79H,38-43H2,2-7H3,(H,70,75)/t50-,51+,52+,53-,54?,56+,57-,58-,59+,61+,67-,68+,69-/m1/s1. The number of ketones is 1. The lowest BCUT2D eigenvalue weighted by molar-refractivity contribution is -0.346. The molecule has 1 amide bonds. The molecule has 19 nitrogen and oxygen atoms in total. The van der Waals surface area contributed by atoms with Crippen LogP contribution in [0.25, 0.3) is 0 Å². The summed E-state index contributed by atoms with van der Waals surface area (Å²) < 4.78 is 54.0. The number of carbonyl (C=O) groups is 7. The van der Waals surface area contributed by atoms with E-state index in [1.54, 1.807) is 66.7 Å². The number of ether oxygens (including phenoxy) is 9. The number of rotatable bonds is 14. The molecule has 5 aliphatic rings. The van der Waals surface area contributed by atoms with Crippen LogP contribution in [0.1, 0.15) is 93.1 Å². The number of esters is 4. The smallest absolute Gasteiger partial charge is 0.455 e. The molecule has 13 atom stereocenters. The number of aliphatic hydroxyl groups excluding tert-OH is 1. The Hall–Kier alpha value is -10.0. The van der Waals surface area contributed by atoms with Crippen molar-refractivity contribution in [3.63, 3.8) is 0 Å². The van der Waals surface area contributed by atoms with E-state index in [9.17, 15) is 34.2 Å². The molecule has 0 aromatic heterocycles. The van der Waals surface area contributed by atoms with E-state index in [2.05, 4.69) is 94.1 Å². The molecule has 2 saturated carbocycles. The Kier molecular flexibility index (Phi) is 20.4. The Balaban J connectivity index is 1.12. The van der Waals surface area contributed by atoms with Gasteiger partial charge in [-0.3, -0.25) is 19.2 Å². The zero-order valence-electron chi connectivity index (χ0n) is 48.7. The Bertz CT molecular complexity index is 3790. The first-order chi connectivity index (χ1) is 42.2. The molecule has 4 fully saturated rings.